The molecular formula is C9H16S. The molecule has 10 heavy (non-hydrogen) atoms. The quantitative estimate of drug-likeness (QED) is 0.438. The molecular weight excluding hydrogens is 140 g/mol. The smallest absolute Gasteiger partial charge is 0.00406 e. The number of hydrogen-bond acceptors (Lipinski definition) is 1. The summed E-state index contributed by atoms with van der Waals surface area (Å²) in [4.78, 5) is 0. The molecule has 0 aromatic heterocycles. The highest BCUT2D eigenvalue weighted by atomic mass is 32.1. The average Bonchev–Trinajstić information content (AvgIpc) is 1.88. The Bertz CT molecular complexity index is 149. The Kier molecular flexibility index (Phi) is 2.45. The van der Waals surface area contributed by atoms with E-state index in [2.05, 4.69) is 32.6 Å². The molecule has 1 atom stereocenters. The van der Waals surface area contributed by atoms with Crippen molar-refractivity contribution in [1.29, 1.82) is 0 Å². The minimum Gasteiger partial charge on any atom is -0.179 e. The van der Waals surface area contributed by atoms with Crippen molar-refractivity contribution < 1.29 is 0 Å². The van der Waals surface area contributed by atoms with Crippen molar-refractivity contribution in [3.63, 3.8) is 0 Å². The van der Waals surface area contributed by atoms with Crippen LogP contribution in [0.4, 0.5) is 0 Å². The van der Waals surface area contributed by atoms with Crippen LogP contribution >= 0.6 is 12.6 Å². The highest BCUT2D eigenvalue weighted by molar-refractivity contribution is 7.80. The zero-order chi connectivity index (χ0) is 7.61. The van der Waals surface area contributed by atoms with Crippen molar-refractivity contribution in [3.8, 4) is 0 Å². The molecule has 0 aliphatic heterocycles. The van der Waals surface area contributed by atoms with Gasteiger partial charge in [0.2, 0.25) is 0 Å². The maximum absolute atomic E-state index is 4.36. The highest BCUT2D eigenvalue weighted by Crippen LogP contribution is 2.36. The number of thiol groups is 1. The zero-order valence-electron chi connectivity index (χ0n) is 6.85. The van der Waals surface area contributed by atoms with E-state index in [0.717, 1.165) is 5.75 Å². The summed E-state index contributed by atoms with van der Waals surface area (Å²) in [6.07, 6.45) is 6.17. The predicted molar refractivity (Wildman–Crippen MR) is 49.6 cm³/mol. The first-order valence-corrected chi connectivity index (χ1v) is 4.56. The third-order valence-corrected chi connectivity index (χ3v) is 3.09. The molecule has 1 heteroatoms. The molecule has 0 spiro atoms. The normalized spacial score (nSPS) is 33.7. The lowest BCUT2D eigenvalue weighted by atomic mass is 9.78. The molecule has 1 aliphatic rings. The minimum absolute atomic E-state index is 0.488. The third kappa shape index (κ3) is 1.79. The van der Waals surface area contributed by atoms with Gasteiger partial charge < -0.3 is 0 Å². The topological polar surface area (TPSA) is 0 Å². The summed E-state index contributed by atoms with van der Waals surface area (Å²) in [7, 11) is 0. The summed E-state index contributed by atoms with van der Waals surface area (Å²) < 4.78 is 0. The van der Waals surface area contributed by atoms with Crippen LogP contribution < -0.4 is 0 Å². The fourth-order valence-electron chi connectivity index (χ4n) is 1.64. The molecule has 0 saturated heterocycles. The molecule has 1 rings (SSSR count). The molecule has 0 N–H and O–H groups in total. The van der Waals surface area contributed by atoms with Crippen LogP contribution in [0.3, 0.4) is 0 Å². The average molecular weight is 156 g/mol. The monoisotopic (exact) mass is 156 g/mol. The van der Waals surface area contributed by atoms with Gasteiger partial charge in [-0.3, -0.25) is 0 Å². The number of hydrogen-bond donors (Lipinski definition) is 1. The maximum atomic E-state index is 4.36. The SMILES string of the molecule is CC1=CCCC(C)(CS)C1. The van der Waals surface area contributed by atoms with Crippen molar-refractivity contribution in [2.45, 2.75) is 33.1 Å². The summed E-state index contributed by atoms with van der Waals surface area (Å²) in [5.74, 6) is 1.03. The van der Waals surface area contributed by atoms with Crippen LogP contribution in [0, 0.1) is 5.41 Å². The molecule has 0 heterocycles. The van der Waals surface area contributed by atoms with Crippen LogP contribution in [0.2, 0.25) is 0 Å². The van der Waals surface area contributed by atoms with Gasteiger partial charge >= 0.3 is 0 Å². The Balaban J connectivity index is 2.60. The van der Waals surface area contributed by atoms with Gasteiger partial charge in [0.05, 0.1) is 0 Å². The van der Waals surface area contributed by atoms with Crippen molar-refractivity contribution in [2.24, 2.45) is 5.41 Å². The van der Waals surface area contributed by atoms with Gasteiger partial charge in [0.25, 0.3) is 0 Å². The molecule has 0 saturated carbocycles. The van der Waals surface area contributed by atoms with E-state index >= 15 is 0 Å². The van der Waals surface area contributed by atoms with Crippen LogP contribution in [0.5, 0.6) is 0 Å². The van der Waals surface area contributed by atoms with Crippen molar-refractivity contribution >= 4 is 12.6 Å². The van der Waals surface area contributed by atoms with Crippen molar-refractivity contribution in [1.82, 2.24) is 0 Å². The van der Waals surface area contributed by atoms with Crippen molar-refractivity contribution in [2.75, 3.05) is 5.75 Å². The van der Waals surface area contributed by atoms with Crippen LogP contribution in [0.15, 0.2) is 11.6 Å². The van der Waals surface area contributed by atoms with E-state index < -0.39 is 0 Å². The zero-order valence-corrected chi connectivity index (χ0v) is 7.75. The van der Waals surface area contributed by atoms with E-state index in [-0.39, 0.29) is 0 Å². The predicted octanol–water partition coefficient (Wildman–Crippen LogP) is 3.05. The van der Waals surface area contributed by atoms with E-state index in [0.29, 0.717) is 5.41 Å². The van der Waals surface area contributed by atoms with Crippen LogP contribution in [-0.2, 0) is 0 Å². The second kappa shape index (κ2) is 3.00. The number of rotatable bonds is 1. The molecule has 0 aromatic rings. The summed E-state index contributed by atoms with van der Waals surface area (Å²) in [5, 5.41) is 0. The van der Waals surface area contributed by atoms with Gasteiger partial charge in [0, 0.05) is 0 Å². The largest absolute Gasteiger partial charge is 0.179 e. The van der Waals surface area contributed by atoms with E-state index in [4.69, 9.17) is 0 Å². The molecule has 0 aromatic carbocycles. The van der Waals surface area contributed by atoms with Crippen LogP contribution in [0.1, 0.15) is 33.1 Å². The minimum atomic E-state index is 0.488. The molecule has 0 bridgehead atoms. The number of allylic oxidation sites excluding steroid dienone is 2. The molecule has 0 fully saturated rings. The molecule has 0 nitrogen and oxygen atoms in total. The van der Waals surface area contributed by atoms with Gasteiger partial charge in [0.1, 0.15) is 0 Å². The Morgan fingerprint density at radius 3 is 2.80 bits per heavy atom. The van der Waals surface area contributed by atoms with Gasteiger partial charge in [-0.1, -0.05) is 18.6 Å². The Morgan fingerprint density at radius 1 is 1.70 bits per heavy atom. The molecule has 0 radical (unpaired) electrons. The Hall–Kier alpha value is 0.0900. The van der Waals surface area contributed by atoms with Gasteiger partial charge in [-0.15, -0.1) is 0 Å². The lowest BCUT2D eigenvalue weighted by Crippen LogP contribution is -2.21. The molecule has 1 aliphatic carbocycles. The van der Waals surface area contributed by atoms with Gasteiger partial charge in [-0.2, -0.15) is 12.6 Å². The Labute approximate surface area is 69.1 Å². The van der Waals surface area contributed by atoms with E-state index in [1.54, 1.807) is 5.57 Å². The lowest BCUT2D eigenvalue weighted by molar-refractivity contribution is 0.330. The summed E-state index contributed by atoms with van der Waals surface area (Å²) in [6, 6.07) is 0. The molecule has 58 valence electrons. The van der Waals surface area contributed by atoms with E-state index in [1.807, 2.05) is 0 Å². The van der Waals surface area contributed by atoms with Gasteiger partial charge in [0.15, 0.2) is 0 Å². The molecule has 0 amide bonds. The molecule has 1 unspecified atom stereocenters. The first-order chi connectivity index (χ1) is 4.66. The lowest BCUT2D eigenvalue weighted by Gasteiger charge is -2.31. The first kappa shape index (κ1) is 8.19. The second-order valence-electron chi connectivity index (χ2n) is 3.73. The van der Waals surface area contributed by atoms with Crippen LogP contribution in [-0.4, -0.2) is 5.75 Å². The van der Waals surface area contributed by atoms with Gasteiger partial charge in [-0.05, 0) is 37.4 Å². The fourth-order valence-corrected chi connectivity index (χ4v) is 1.91. The van der Waals surface area contributed by atoms with E-state index in [1.165, 1.54) is 19.3 Å². The second-order valence-corrected chi connectivity index (χ2v) is 4.05. The van der Waals surface area contributed by atoms with E-state index in [9.17, 15) is 0 Å². The Morgan fingerprint density at radius 2 is 2.40 bits per heavy atom. The standard InChI is InChI=1S/C9H16S/c1-8-4-3-5-9(2,6-8)7-10/h4,10H,3,5-7H2,1-2H3. The third-order valence-electron chi connectivity index (χ3n) is 2.33. The fraction of sp³-hybridized carbons (Fsp3) is 0.778. The summed E-state index contributed by atoms with van der Waals surface area (Å²) in [5.41, 5.74) is 2.03. The van der Waals surface area contributed by atoms with Crippen LogP contribution in [0.25, 0.3) is 0 Å². The van der Waals surface area contributed by atoms with Crippen molar-refractivity contribution in [3.05, 3.63) is 11.6 Å². The summed E-state index contributed by atoms with van der Waals surface area (Å²) >= 11 is 4.36. The maximum Gasteiger partial charge on any atom is -0.00406 e. The van der Waals surface area contributed by atoms with Gasteiger partial charge in [-0.25, -0.2) is 0 Å². The summed E-state index contributed by atoms with van der Waals surface area (Å²) in [6.45, 7) is 4.55. The first-order valence-electron chi connectivity index (χ1n) is 3.93. The highest BCUT2D eigenvalue weighted by Gasteiger charge is 2.24.